The summed E-state index contributed by atoms with van der Waals surface area (Å²) in [7, 11) is 0. The van der Waals surface area contributed by atoms with Crippen molar-refractivity contribution in [3.05, 3.63) is 76.3 Å². The lowest BCUT2D eigenvalue weighted by molar-refractivity contribution is 0.0582. The average molecular weight is 546 g/mol. The van der Waals surface area contributed by atoms with Crippen LogP contribution in [0.5, 0.6) is 0 Å². The Kier molecular flexibility index (Phi) is 8.78. The second-order valence-corrected chi connectivity index (χ2v) is 10.7. The molecule has 198 valence electrons. The Hall–Kier alpha value is -3.21. The van der Waals surface area contributed by atoms with Crippen LogP contribution in [0.15, 0.2) is 48.7 Å². The topological polar surface area (TPSA) is 108 Å². The molecule has 0 aliphatic heterocycles. The molecule has 0 spiro atoms. The molecule has 3 aromatic rings. The zero-order chi connectivity index (χ0) is 27.5. The highest BCUT2D eigenvalue weighted by atomic mass is 35.5. The van der Waals surface area contributed by atoms with E-state index in [-0.39, 0.29) is 17.9 Å². The van der Waals surface area contributed by atoms with E-state index in [4.69, 9.17) is 16.3 Å². The van der Waals surface area contributed by atoms with Gasteiger partial charge in [0.15, 0.2) is 0 Å². The summed E-state index contributed by atoms with van der Waals surface area (Å²) in [4.78, 5) is 31.4. The molecule has 0 radical (unpaired) electrons. The van der Waals surface area contributed by atoms with Crippen LogP contribution in [0.25, 0.3) is 0 Å². The summed E-state index contributed by atoms with van der Waals surface area (Å²) < 4.78 is 31.6. The van der Waals surface area contributed by atoms with Gasteiger partial charge < -0.3 is 13.9 Å². The highest BCUT2D eigenvalue weighted by Gasteiger charge is 2.24. The Morgan fingerprint density at radius 2 is 1.73 bits per heavy atom. The molecule has 1 heterocycles. The van der Waals surface area contributed by atoms with E-state index in [9.17, 15) is 18.4 Å². The standard InChI is InChI=1S/C26H31ClN4O5S/c1-7-30(25(33)36-26(4,5)6)21-13-10-19(22(27)14-21)15-29-16-23(28-18(29)3)24(32)31(37(34)35)20-11-8-17(2)9-12-20/h8-14,16H,7,15H2,1-6H3,(H,34,35)/p-1. The van der Waals surface area contributed by atoms with Gasteiger partial charge in [0.2, 0.25) is 0 Å². The molecule has 11 heteroatoms. The summed E-state index contributed by atoms with van der Waals surface area (Å²) in [6.45, 7) is 11.5. The predicted molar refractivity (Wildman–Crippen MR) is 144 cm³/mol. The predicted octanol–water partition coefficient (Wildman–Crippen LogP) is 5.40. The number of carbonyl (C=O) groups excluding carboxylic acids is 2. The smallest absolute Gasteiger partial charge is 0.414 e. The maximum Gasteiger partial charge on any atom is 0.414 e. The van der Waals surface area contributed by atoms with Crippen LogP contribution in [0.2, 0.25) is 5.02 Å². The lowest BCUT2D eigenvalue weighted by Crippen LogP contribution is -2.36. The Balaban J connectivity index is 1.83. The first-order valence-corrected chi connectivity index (χ1v) is 13.0. The van der Waals surface area contributed by atoms with Crippen molar-refractivity contribution in [1.29, 1.82) is 0 Å². The summed E-state index contributed by atoms with van der Waals surface area (Å²) in [6, 6.07) is 11.8. The Labute approximate surface area is 224 Å². The van der Waals surface area contributed by atoms with Crippen LogP contribution in [0.3, 0.4) is 0 Å². The Morgan fingerprint density at radius 1 is 1.11 bits per heavy atom. The van der Waals surface area contributed by atoms with E-state index in [2.05, 4.69) is 4.98 Å². The van der Waals surface area contributed by atoms with E-state index < -0.39 is 28.9 Å². The van der Waals surface area contributed by atoms with Crippen molar-refractivity contribution in [2.45, 2.75) is 53.7 Å². The minimum Gasteiger partial charge on any atom is -0.755 e. The number of hydrogen-bond acceptors (Lipinski definition) is 6. The summed E-state index contributed by atoms with van der Waals surface area (Å²) in [6.07, 6.45) is 1.02. The van der Waals surface area contributed by atoms with Gasteiger partial charge in [-0.15, -0.1) is 0 Å². The number of aryl methyl sites for hydroxylation is 2. The minimum atomic E-state index is -2.83. The van der Waals surface area contributed by atoms with Crippen LogP contribution in [-0.4, -0.2) is 42.5 Å². The van der Waals surface area contributed by atoms with Crippen LogP contribution in [0.1, 0.15) is 55.1 Å². The second kappa shape index (κ2) is 11.5. The summed E-state index contributed by atoms with van der Waals surface area (Å²) in [5.41, 5.74) is 1.83. The number of nitrogens with zero attached hydrogens (tertiary/aromatic N) is 4. The molecule has 3 rings (SSSR count). The van der Waals surface area contributed by atoms with Crippen LogP contribution in [0.4, 0.5) is 16.2 Å². The van der Waals surface area contributed by atoms with Gasteiger partial charge in [-0.25, -0.2) is 14.1 Å². The van der Waals surface area contributed by atoms with E-state index in [1.807, 2.05) is 13.8 Å². The highest BCUT2D eigenvalue weighted by Crippen LogP contribution is 2.27. The quantitative estimate of drug-likeness (QED) is 0.368. The minimum absolute atomic E-state index is 0.0166. The van der Waals surface area contributed by atoms with Gasteiger partial charge in [-0.2, -0.15) is 0 Å². The lowest BCUT2D eigenvalue weighted by atomic mass is 10.2. The second-order valence-electron chi connectivity index (χ2n) is 9.45. The summed E-state index contributed by atoms with van der Waals surface area (Å²) in [5, 5.41) is 0.419. The Morgan fingerprint density at radius 3 is 2.27 bits per heavy atom. The third-order valence-electron chi connectivity index (χ3n) is 5.42. The summed E-state index contributed by atoms with van der Waals surface area (Å²) in [5.74, 6) is -0.260. The van der Waals surface area contributed by atoms with Crippen molar-refractivity contribution in [2.75, 3.05) is 15.7 Å². The molecule has 2 aromatic carbocycles. The van der Waals surface area contributed by atoms with Crippen molar-refractivity contribution < 1.29 is 23.1 Å². The molecular formula is C26H30ClN4O5S-. The van der Waals surface area contributed by atoms with Gasteiger partial charge in [-0.1, -0.05) is 35.4 Å². The first-order chi connectivity index (χ1) is 17.3. The van der Waals surface area contributed by atoms with Crippen molar-refractivity contribution in [3.63, 3.8) is 0 Å². The highest BCUT2D eigenvalue weighted by molar-refractivity contribution is 7.81. The Bertz CT molecular complexity index is 1320. The van der Waals surface area contributed by atoms with Crippen LogP contribution in [0, 0.1) is 13.8 Å². The van der Waals surface area contributed by atoms with E-state index in [1.54, 1.807) is 74.7 Å². The number of halogens is 1. The number of amides is 2. The molecule has 0 N–H and O–H groups in total. The number of benzene rings is 2. The third-order valence-corrected chi connectivity index (χ3v) is 6.44. The summed E-state index contributed by atoms with van der Waals surface area (Å²) >= 11 is 3.73. The van der Waals surface area contributed by atoms with E-state index in [1.165, 1.54) is 11.1 Å². The molecule has 0 fully saturated rings. The van der Waals surface area contributed by atoms with Gasteiger partial charge in [-0.3, -0.25) is 13.9 Å². The number of carbonyl (C=O) groups is 2. The fourth-order valence-electron chi connectivity index (χ4n) is 3.58. The SMILES string of the molecule is CCN(C(=O)OC(C)(C)C)c1ccc(Cn2cc(C(=O)N(c3ccc(C)cc3)S(=O)[O-])nc2C)c(Cl)c1. The molecule has 0 saturated heterocycles. The van der Waals surface area contributed by atoms with Gasteiger partial charge in [0.25, 0.3) is 5.91 Å². The third kappa shape index (κ3) is 6.97. The fourth-order valence-corrected chi connectivity index (χ4v) is 4.33. The molecule has 37 heavy (non-hydrogen) atoms. The van der Waals surface area contributed by atoms with Gasteiger partial charge >= 0.3 is 6.09 Å². The van der Waals surface area contributed by atoms with Crippen molar-refractivity contribution in [3.8, 4) is 0 Å². The molecule has 9 nitrogen and oxygen atoms in total. The van der Waals surface area contributed by atoms with Crippen LogP contribution >= 0.6 is 11.6 Å². The van der Waals surface area contributed by atoms with E-state index in [0.717, 1.165) is 11.1 Å². The monoisotopic (exact) mass is 545 g/mol. The molecule has 0 aliphatic carbocycles. The normalized spacial score (nSPS) is 12.2. The number of ether oxygens (including phenoxy) is 1. The van der Waals surface area contributed by atoms with Crippen LogP contribution < -0.4 is 9.21 Å². The number of imidazole rings is 1. The first kappa shape index (κ1) is 28.4. The average Bonchev–Trinajstić information content (AvgIpc) is 3.16. The maximum atomic E-state index is 13.1. The lowest BCUT2D eigenvalue weighted by Gasteiger charge is -2.27. The largest absolute Gasteiger partial charge is 0.755 e. The van der Waals surface area contributed by atoms with Gasteiger partial charge in [0.05, 0.1) is 23.5 Å². The number of aromatic nitrogens is 2. The molecule has 1 unspecified atom stereocenters. The van der Waals surface area contributed by atoms with Gasteiger partial charge in [0.1, 0.15) is 17.1 Å². The molecule has 1 aromatic heterocycles. The number of rotatable bonds is 7. The molecular weight excluding hydrogens is 516 g/mol. The van der Waals surface area contributed by atoms with Gasteiger partial charge in [-0.05, 0) is 71.4 Å². The fraction of sp³-hybridized carbons (Fsp3) is 0.346. The first-order valence-electron chi connectivity index (χ1n) is 11.6. The molecule has 0 bridgehead atoms. The van der Waals surface area contributed by atoms with Crippen LogP contribution in [-0.2, 0) is 22.5 Å². The number of hydrogen-bond donors (Lipinski definition) is 0. The van der Waals surface area contributed by atoms with Crippen molar-refractivity contribution >= 4 is 46.2 Å². The van der Waals surface area contributed by atoms with Crippen molar-refractivity contribution in [1.82, 2.24) is 9.55 Å². The molecule has 1 atom stereocenters. The maximum absolute atomic E-state index is 13.1. The van der Waals surface area contributed by atoms with Crippen molar-refractivity contribution in [2.24, 2.45) is 0 Å². The molecule has 0 saturated carbocycles. The van der Waals surface area contributed by atoms with E-state index in [0.29, 0.717) is 27.4 Å². The molecule has 2 amide bonds. The number of anilines is 2. The van der Waals surface area contributed by atoms with Gasteiger partial charge in [0, 0.05) is 23.5 Å². The van der Waals surface area contributed by atoms with E-state index >= 15 is 0 Å². The zero-order valence-corrected chi connectivity index (χ0v) is 23.2. The molecule has 0 aliphatic rings. The zero-order valence-electron chi connectivity index (χ0n) is 21.6.